The standard InChI is InChI=1S/C26H29N5O3S/c1-26(2)14-18-19(16-34-26)35-24-22(18)23-27-20(13-17-9-5-3-6-10-17)28-31(23)25(33)30(24)15-21(32)29-11-7-4-8-12-29/h3,5-6,9-10H,4,7-8,11-16H2,1-2H3. The Morgan fingerprint density at radius 2 is 1.91 bits per heavy atom. The van der Waals surface area contributed by atoms with E-state index in [4.69, 9.17) is 9.72 Å². The van der Waals surface area contributed by atoms with Crippen LogP contribution in [0.2, 0.25) is 0 Å². The van der Waals surface area contributed by atoms with Crippen LogP contribution in [-0.2, 0) is 35.5 Å². The Morgan fingerprint density at radius 3 is 2.69 bits per heavy atom. The maximum absolute atomic E-state index is 13.7. The van der Waals surface area contributed by atoms with Crippen molar-refractivity contribution in [3.63, 3.8) is 0 Å². The van der Waals surface area contributed by atoms with E-state index in [1.165, 1.54) is 4.52 Å². The largest absolute Gasteiger partial charge is 0.370 e. The van der Waals surface area contributed by atoms with E-state index in [0.717, 1.165) is 65.0 Å². The van der Waals surface area contributed by atoms with E-state index in [9.17, 15) is 9.59 Å². The van der Waals surface area contributed by atoms with Gasteiger partial charge in [0.2, 0.25) is 5.91 Å². The van der Waals surface area contributed by atoms with E-state index >= 15 is 0 Å². The van der Waals surface area contributed by atoms with Crippen LogP contribution >= 0.6 is 11.3 Å². The van der Waals surface area contributed by atoms with Crippen LogP contribution in [-0.4, -0.2) is 48.7 Å². The van der Waals surface area contributed by atoms with E-state index in [1.54, 1.807) is 15.9 Å². The molecule has 1 saturated heterocycles. The summed E-state index contributed by atoms with van der Waals surface area (Å²) < 4.78 is 9.08. The van der Waals surface area contributed by atoms with Crippen molar-refractivity contribution < 1.29 is 9.53 Å². The average Bonchev–Trinajstić information content (AvgIpc) is 3.43. The first-order chi connectivity index (χ1) is 16.9. The summed E-state index contributed by atoms with van der Waals surface area (Å²) in [4.78, 5) is 35.5. The zero-order valence-corrected chi connectivity index (χ0v) is 20.9. The first-order valence-corrected chi connectivity index (χ1v) is 13.1. The second kappa shape index (κ2) is 8.57. The van der Waals surface area contributed by atoms with Crippen molar-refractivity contribution in [2.75, 3.05) is 13.1 Å². The van der Waals surface area contributed by atoms with Gasteiger partial charge < -0.3 is 9.64 Å². The average molecular weight is 492 g/mol. The molecule has 1 aromatic carbocycles. The zero-order valence-electron chi connectivity index (χ0n) is 20.1. The number of rotatable bonds is 4. The lowest BCUT2D eigenvalue weighted by Gasteiger charge is -2.30. The summed E-state index contributed by atoms with van der Waals surface area (Å²) in [6.45, 7) is 6.18. The number of amides is 1. The second-order valence-electron chi connectivity index (χ2n) is 10.1. The molecule has 35 heavy (non-hydrogen) atoms. The Balaban J connectivity index is 1.52. The van der Waals surface area contributed by atoms with Gasteiger partial charge in [0.25, 0.3) is 0 Å². The highest BCUT2D eigenvalue weighted by Gasteiger charge is 2.32. The van der Waals surface area contributed by atoms with Gasteiger partial charge >= 0.3 is 5.69 Å². The van der Waals surface area contributed by atoms with E-state index in [2.05, 4.69) is 18.9 Å². The minimum atomic E-state index is -0.316. The number of carbonyl (C=O) groups is 1. The van der Waals surface area contributed by atoms with Crippen molar-refractivity contribution in [2.45, 2.75) is 64.7 Å². The Labute approximate surface area is 207 Å². The van der Waals surface area contributed by atoms with Crippen LogP contribution in [0, 0.1) is 0 Å². The van der Waals surface area contributed by atoms with Crippen LogP contribution in [0.4, 0.5) is 0 Å². The van der Waals surface area contributed by atoms with Gasteiger partial charge in [0.05, 0.1) is 17.6 Å². The minimum absolute atomic E-state index is 0.0139. The number of thiophene rings is 1. The fourth-order valence-corrected chi connectivity index (χ4v) is 6.40. The zero-order chi connectivity index (χ0) is 24.2. The molecule has 3 aromatic heterocycles. The first-order valence-electron chi connectivity index (χ1n) is 12.3. The smallest absolute Gasteiger partial charge is 0.352 e. The van der Waals surface area contributed by atoms with Gasteiger partial charge in [-0.25, -0.2) is 9.78 Å². The molecule has 0 atom stereocenters. The summed E-state index contributed by atoms with van der Waals surface area (Å²) in [7, 11) is 0. The molecule has 0 unspecified atom stereocenters. The number of aromatic nitrogens is 4. The highest BCUT2D eigenvalue weighted by Crippen LogP contribution is 2.40. The van der Waals surface area contributed by atoms with Crippen molar-refractivity contribution in [3.8, 4) is 0 Å². The van der Waals surface area contributed by atoms with Crippen LogP contribution in [0.15, 0.2) is 35.1 Å². The number of fused-ring (bicyclic) bond motifs is 5. The molecule has 0 spiro atoms. The summed E-state index contributed by atoms with van der Waals surface area (Å²) >= 11 is 1.54. The van der Waals surface area contributed by atoms with E-state index in [0.29, 0.717) is 24.5 Å². The molecular weight excluding hydrogens is 462 g/mol. The molecule has 1 amide bonds. The Morgan fingerprint density at radius 1 is 1.14 bits per heavy atom. The van der Waals surface area contributed by atoms with Crippen LogP contribution in [0.3, 0.4) is 0 Å². The first kappa shape index (κ1) is 22.4. The van der Waals surface area contributed by atoms with Gasteiger partial charge in [0, 0.05) is 30.8 Å². The van der Waals surface area contributed by atoms with Crippen molar-refractivity contribution in [3.05, 3.63) is 62.6 Å². The Hall–Kier alpha value is -3.04. The summed E-state index contributed by atoms with van der Waals surface area (Å²) in [6, 6.07) is 10.0. The number of hydrogen-bond acceptors (Lipinski definition) is 6. The van der Waals surface area contributed by atoms with E-state index in [1.807, 2.05) is 35.2 Å². The topological polar surface area (TPSA) is 81.7 Å². The molecule has 182 valence electrons. The molecule has 0 aliphatic carbocycles. The number of hydrogen-bond donors (Lipinski definition) is 0. The predicted molar refractivity (Wildman–Crippen MR) is 135 cm³/mol. The van der Waals surface area contributed by atoms with Crippen molar-refractivity contribution in [1.82, 2.24) is 24.1 Å². The summed E-state index contributed by atoms with van der Waals surface area (Å²) in [5.74, 6) is 0.584. The number of carbonyl (C=O) groups excluding carboxylic acids is 1. The maximum Gasteiger partial charge on any atom is 0.352 e. The summed E-state index contributed by atoms with van der Waals surface area (Å²) in [6.07, 6.45) is 4.44. The quantitative estimate of drug-likeness (QED) is 0.436. The van der Waals surface area contributed by atoms with Crippen LogP contribution in [0.25, 0.3) is 15.9 Å². The number of ether oxygens (including phenoxy) is 1. The molecule has 9 heteroatoms. The molecule has 2 aliphatic heterocycles. The lowest BCUT2D eigenvalue weighted by molar-refractivity contribution is -0.132. The highest BCUT2D eigenvalue weighted by molar-refractivity contribution is 7.19. The Kier molecular flexibility index (Phi) is 5.49. The number of likely N-dealkylation sites (tertiary alicyclic amines) is 1. The third-order valence-electron chi connectivity index (χ3n) is 7.01. The van der Waals surface area contributed by atoms with E-state index in [-0.39, 0.29) is 23.7 Å². The molecule has 5 heterocycles. The normalized spacial score (nSPS) is 17.7. The van der Waals surface area contributed by atoms with Gasteiger partial charge in [-0.05, 0) is 44.2 Å². The van der Waals surface area contributed by atoms with Crippen molar-refractivity contribution in [2.24, 2.45) is 0 Å². The molecule has 8 nitrogen and oxygen atoms in total. The van der Waals surface area contributed by atoms with E-state index < -0.39 is 0 Å². The monoisotopic (exact) mass is 491 g/mol. The molecule has 0 radical (unpaired) electrons. The third kappa shape index (κ3) is 4.06. The fraction of sp³-hybridized carbons (Fsp3) is 0.462. The van der Waals surface area contributed by atoms with Crippen LogP contribution in [0.1, 0.15) is 54.9 Å². The number of benzene rings is 1. The lowest BCUT2D eigenvalue weighted by Crippen LogP contribution is -2.40. The summed E-state index contributed by atoms with van der Waals surface area (Å²) in [5.41, 5.74) is 2.19. The van der Waals surface area contributed by atoms with Gasteiger partial charge in [-0.3, -0.25) is 9.36 Å². The molecule has 6 rings (SSSR count). The summed E-state index contributed by atoms with van der Waals surface area (Å²) in [5, 5.41) is 5.55. The van der Waals surface area contributed by atoms with Gasteiger partial charge in [-0.2, -0.15) is 4.52 Å². The minimum Gasteiger partial charge on any atom is -0.370 e. The van der Waals surface area contributed by atoms with Crippen LogP contribution < -0.4 is 5.69 Å². The molecule has 0 bridgehead atoms. The third-order valence-corrected chi connectivity index (χ3v) is 8.24. The SMILES string of the molecule is CC1(C)Cc2c(sc3c2c2nc(Cc4ccccc4)nn2c(=O)n3CC(=O)N2CCCCC2)CO1. The highest BCUT2D eigenvalue weighted by atomic mass is 32.1. The van der Waals surface area contributed by atoms with Crippen molar-refractivity contribution >= 4 is 33.1 Å². The Bertz CT molecular complexity index is 1480. The molecule has 0 saturated carbocycles. The number of piperidine rings is 1. The molecular formula is C26H29N5O3S. The molecule has 0 N–H and O–H groups in total. The van der Waals surface area contributed by atoms with Gasteiger partial charge in [0.15, 0.2) is 11.5 Å². The predicted octanol–water partition coefficient (Wildman–Crippen LogP) is 3.56. The molecule has 4 aromatic rings. The van der Waals surface area contributed by atoms with Gasteiger partial charge in [-0.1, -0.05) is 30.3 Å². The molecule has 2 aliphatic rings. The fourth-order valence-electron chi connectivity index (χ4n) is 5.18. The van der Waals surface area contributed by atoms with Gasteiger partial charge in [0.1, 0.15) is 11.4 Å². The number of nitrogens with zero attached hydrogens (tertiary/aromatic N) is 5. The van der Waals surface area contributed by atoms with Crippen molar-refractivity contribution in [1.29, 1.82) is 0 Å². The molecule has 1 fully saturated rings. The maximum atomic E-state index is 13.7. The lowest BCUT2D eigenvalue weighted by atomic mass is 9.94. The van der Waals surface area contributed by atoms with Gasteiger partial charge in [-0.15, -0.1) is 16.4 Å². The van der Waals surface area contributed by atoms with Crippen LogP contribution in [0.5, 0.6) is 0 Å². The second-order valence-corrected chi connectivity index (χ2v) is 11.2.